The largest absolute Gasteiger partial charge is 0.491 e. The molecular formula is C43H49N7O4S. The highest BCUT2D eigenvalue weighted by Crippen LogP contribution is 2.34. The summed E-state index contributed by atoms with van der Waals surface area (Å²) in [4.78, 5) is 15.6. The monoisotopic (exact) mass is 759 g/mol. The third kappa shape index (κ3) is 9.38. The summed E-state index contributed by atoms with van der Waals surface area (Å²) in [6, 6.07) is 29.8. The van der Waals surface area contributed by atoms with Gasteiger partial charge in [-0.1, -0.05) is 94.9 Å². The third-order valence-electron chi connectivity index (χ3n) is 9.41. The van der Waals surface area contributed by atoms with Gasteiger partial charge in [-0.2, -0.15) is 5.10 Å². The van der Waals surface area contributed by atoms with Gasteiger partial charge in [-0.25, -0.2) is 9.48 Å². The van der Waals surface area contributed by atoms with Gasteiger partial charge in [0, 0.05) is 52.3 Å². The second kappa shape index (κ2) is 17.1. The zero-order valence-electron chi connectivity index (χ0n) is 32.1. The molecular weight excluding hydrogens is 711 g/mol. The second-order valence-corrected chi connectivity index (χ2v) is 16.1. The van der Waals surface area contributed by atoms with Gasteiger partial charge >= 0.3 is 6.03 Å². The molecule has 3 aromatic carbocycles. The number of nitrogens with zero attached hydrogens (tertiary/aromatic N) is 5. The van der Waals surface area contributed by atoms with E-state index in [0.29, 0.717) is 37.2 Å². The summed E-state index contributed by atoms with van der Waals surface area (Å²) in [7, 11) is 0. The minimum Gasteiger partial charge on any atom is -0.491 e. The van der Waals surface area contributed by atoms with Gasteiger partial charge in [0.1, 0.15) is 18.2 Å². The molecule has 3 aromatic heterocycles. The quantitative estimate of drug-likeness (QED) is 0.112. The number of rotatable bonds is 13. The first kappa shape index (κ1) is 38.1. The predicted molar refractivity (Wildman–Crippen MR) is 216 cm³/mol. The number of carbonyl (C=O) groups is 1. The Labute approximate surface area is 326 Å². The lowest BCUT2D eigenvalue weighted by molar-refractivity contribution is -0.165. The van der Waals surface area contributed by atoms with E-state index in [1.54, 1.807) is 16.4 Å². The maximum absolute atomic E-state index is 13.5. The summed E-state index contributed by atoms with van der Waals surface area (Å²) >= 11 is 1.64. The molecule has 2 amide bonds. The van der Waals surface area contributed by atoms with E-state index in [1.165, 1.54) is 5.56 Å². The molecule has 11 nitrogen and oxygen atoms in total. The number of benzene rings is 3. The maximum atomic E-state index is 13.5. The molecule has 55 heavy (non-hydrogen) atoms. The van der Waals surface area contributed by atoms with Gasteiger partial charge in [0.15, 0.2) is 17.8 Å². The van der Waals surface area contributed by atoms with Crippen molar-refractivity contribution in [1.29, 1.82) is 0 Å². The molecule has 0 saturated carbocycles. The fourth-order valence-corrected chi connectivity index (χ4v) is 7.42. The molecule has 4 heterocycles. The molecule has 1 atom stereocenters. The molecule has 1 fully saturated rings. The van der Waals surface area contributed by atoms with Crippen LogP contribution in [-0.2, 0) is 21.4 Å². The Hall–Kier alpha value is -5.17. The number of amides is 2. The van der Waals surface area contributed by atoms with Crippen LogP contribution in [0.25, 0.3) is 22.7 Å². The first-order valence-electron chi connectivity index (χ1n) is 18.9. The van der Waals surface area contributed by atoms with Crippen LogP contribution in [0.15, 0.2) is 107 Å². The molecule has 0 spiro atoms. The Balaban J connectivity index is 1.03. The van der Waals surface area contributed by atoms with Gasteiger partial charge in [-0.15, -0.1) is 10.2 Å². The number of fused-ring (bicyclic) bond motifs is 1. The first-order chi connectivity index (χ1) is 26.6. The number of anilines is 1. The van der Waals surface area contributed by atoms with Crippen molar-refractivity contribution >= 4 is 29.3 Å². The average Bonchev–Trinajstić information content (AvgIpc) is 3.81. The van der Waals surface area contributed by atoms with Crippen LogP contribution in [0.4, 0.5) is 10.6 Å². The topological polar surface area (TPSA) is 117 Å². The van der Waals surface area contributed by atoms with Crippen molar-refractivity contribution in [2.75, 3.05) is 25.1 Å². The SMILES string of the molecule is CC(C)c1ccccc1-c1nnc2ccc(Sc3ccccc3CNC(=O)Nc3cc(C(C)(C)C)nn3-c3cccc(OCCOC4CCCCO4)c3)cn12. The minimum absolute atomic E-state index is 0.154. The number of hydrogen-bond donors (Lipinski definition) is 2. The van der Waals surface area contributed by atoms with Crippen molar-refractivity contribution in [2.24, 2.45) is 0 Å². The van der Waals surface area contributed by atoms with Gasteiger partial charge in [0.2, 0.25) is 0 Å². The molecule has 1 unspecified atom stereocenters. The zero-order chi connectivity index (χ0) is 38.4. The Morgan fingerprint density at radius 2 is 1.80 bits per heavy atom. The molecule has 6 aromatic rings. The first-order valence-corrected chi connectivity index (χ1v) is 19.8. The highest BCUT2D eigenvalue weighted by atomic mass is 32.2. The van der Waals surface area contributed by atoms with Crippen LogP contribution in [0, 0.1) is 0 Å². The van der Waals surface area contributed by atoms with Crippen LogP contribution in [-0.4, -0.2) is 56.5 Å². The highest BCUT2D eigenvalue weighted by molar-refractivity contribution is 7.99. The number of urea groups is 1. The number of hydrogen-bond acceptors (Lipinski definition) is 8. The van der Waals surface area contributed by atoms with Crippen molar-refractivity contribution in [3.8, 4) is 22.8 Å². The molecule has 286 valence electrons. The molecule has 0 bridgehead atoms. The average molecular weight is 760 g/mol. The fourth-order valence-electron chi connectivity index (χ4n) is 6.45. The van der Waals surface area contributed by atoms with Crippen molar-refractivity contribution in [1.82, 2.24) is 29.7 Å². The number of aromatic nitrogens is 5. The molecule has 12 heteroatoms. The molecule has 1 aliphatic rings. The van der Waals surface area contributed by atoms with Crippen molar-refractivity contribution < 1.29 is 19.0 Å². The summed E-state index contributed by atoms with van der Waals surface area (Å²) in [6.07, 6.45) is 5.04. The number of pyridine rings is 1. The van der Waals surface area contributed by atoms with Crippen LogP contribution >= 0.6 is 11.8 Å². The van der Waals surface area contributed by atoms with Crippen molar-refractivity contribution in [2.45, 2.75) is 87.8 Å². The lowest BCUT2D eigenvalue weighted by Gasteiger charge is -2.22. The summed E-state index contributed by atoms with van der Waals surface area (Å²) in [5.41, 5.74) is 5.45. The smallest absolute Gasteiger partial charge is 0.320 e. The van der Waals surface area contributed by atoms with Crippen LogP contribution in [0.3, 0.4) is 0 Å². The molecule has 1 aliphatic heterocycles. The van der Waals surface area contributed by atoms with E-state index in [0.717, 1.165) is 69.6 Å². The molecule has 7 rings (SSSR count). The summed E-state index contributed by atoms with van der Waals surface area (Å²) in [5.74, 6) is 2.40. The third-order valence-corrected chi connectivity index (χ3v) is 10.5. The molecule has 0 radical (unpaired) electrons. The second-order valence-electron chi connectivity index (χ2n) is 15.0. The standard InChI is InChI=1S/C43H49N7O4S/c1-29(2)34-16-7-8-17-35(34)41-47-46-38-21-20-33(28-49(38)41)55-36-18-9-6-13-30(36)27-44-42(51)45-39-26-37(43(3,4)5)48-50(39)31-14-12-15-32(25-31)52-23-24-54-40-19-10-11-22-53-40/h6-9,12-18,20-21,25-26,28-29,40H,10-11,19,22-24,27H2,1-5H3,(H2,44,45,51). The minimum atomic E-state index is -0.338. The normalized spacial score (nSPS) is 14.7. The van der Waals surface area contributed by atoms with Crippen molar-refractivity contribution in [3.05, 3.63) is 114 Å². The van der Waals surface area contributed by atoms with E-state index >= 15 is 0 Å². The van der Waals surface area contributed by atoms with E-state index in [9.17, 15) is 4.79 Å². The van der Waals surface area contributed by atoms with Crippen LogP contribution in [0.5, 0.6) is 5.75 Å². The Kier molecular flexibility index (Phi) is 11.8. The van der Waals surface area contributed by atoms with E-state index in [4.69, 9.17) is 19.3 Å². The highest BCUT2D eigenvalue weighted by Gasteiger charge is 2.22. The molecule has 2 N–H and O–H groups in total. The molecule has 1 saturated heterocycles. The molecule has 0 aliphatic carbocycles. The zero-order valence-corrected chi connectivity index (χ0v) is 32.9. The van der Waals surface area contributed by atoms with Gasteiger partial charge in [-0.05, 0) is 66.6 Å². The van der Waals surface area contributed by atoms with Gasteiger partial charge in [0.05, 0.1) is 18.0 Å². The Morgan fingerprint density at radius 1 is 0.964 bits per heavy atom. The number of carbonyl (C=O) groups excluding carboxylic acids is 1. The van der Waals surface area contributed by atoms with Gasteiger partial charge in [0.25, 0.3) is 0 Å². The van der Waals surface area contributed by atoms with Gasteiger partial charge < -0.3 is 19.5 Å². The van der Waals surface area contributed by atoms with E-state index in [2.05, 4.69) is 96.4 Å². The number of ether oxygens (including phenoxy) is 3. The maximum Gasteiger partial charge on any atom is 0.320 e. The van der Waals surface area contributed by atoms with Crippen LogP contribution in [0.1, 0.15) is 76.6 Å². The summed E-state index contributed by atoms with van der Waals surface area (Å²) in [6.45, 7) is 12.6. The van der Waals surface area contributed by atoms with Crippen LogP contribution in [0.2, 0.25) is 0 Å². The summed E-state index contributed by atoms with van der Waals surface area (Å²) in [5, 5.41) is 20.0. The predicted octanol–water partition coefficient (Wildman–Crippen LogP) is 9.40. The Morgan fingerprint density at radius 3 is 2.62 bits per heavy atom. The van der Waals surface area contributed by atoms with E-state index in [1.807, 2.05) is 60.7 Å². The Bertz CT molecular complexity index is 2240. The van der Waals surface area contributed by atoms with E-state index < -0.39 is 0 Å². The number of nitrogens with one attached hydrogen (secondary N) is 2. The lowest BCUT2D eigenvalue weighted by atomic mass is 9.92. The van der Waals surface area contributed by atoms with Crippen molar-refractivity contribution in [3.63, 3.8) is 0 Å². The summed E-state index contributed by atoms with van der Waals surface area (Å²) < 4.78 is 21.3. The van der Waals surface area contributed by atoms with E-state index in [-0.39, 0.29) is 17.7 Å². The van der Waals surface area contributed by atoms with Crippen LogP contribution < -0.4 is 15.4 Å². The lowest BCUT2D eigenvalue weighted by Crippen LogP contribution is -2.29. The van der Waals surface area contributed by atoms with Gasteiger partial charge in [-0.3, -0.25) is 9.72 Å². The fraction of sp³-hybridized carbons (Fsp3) is 0.349.